The molecule has 90 valence electrons. The fourth-order valence-corrected chi connectivity index (χ4v) is 1.24. The van der Waals surface area contributed by atoms with Gasteiger partial charge in [-0.15, -0.1) is 0 Å². The van der Waals surface area contributed by atoms with E-state index in [9.17, 15) is 9.59 Å². The van der Waals surface area contributed by atoms with Crippen LogP contribution in [-0.4, -0.2) is 17.4 Å². The number of unbranched alkanes of at least 4 members (excludes halogenated alkanes) is 3. The minimum absolute atomic E-state index is 0.243. The van der Waals surface area contributed by atoms with Gasteiger partial charge in [-0.1, -0.05) is 38.3 Å². The summed E-state index contributed by atoms with van der Waals surface area (Å²) in [6.07, 6.45) is 9.05. The van der Waals surface area contributed by atoms with Gasteiger partial charge in [0.25, 0.3) is 0 Å². The fraction of sp³-hybridized carbons (Fsp3) is 0.538. The Morgan fingerprint density at radius 3 is 2.38 bits per heavy atom. The molecule has 0 rings (SSSR count). The molecule has 1 N–H and O–H groups in total. The molecule has 3 heteroatoms. The van der Waals surface area contributed by atoms with Gasteiger partial charge in [0.2, 0.25) is 0 Å². The van der Waals surface area contributed by atoms with Gasteiger partial charge in [0.15, 0.2) is 0 Å². The van der Waals surface area contributed by atoms with Gasteiger partial charge in [0.05, 0.1) is 0 Å². The number of aldehydes is 1. The van der Waals surface area contributed by atoms with Crippen molar-refractivity contribution in [3.05, 3.63) is 23.3 Å². The van der Waals surface area contributed by atoms with Crippen LogP contribution in [0.3, 0.4) is 0 Å². The molecule has 0 aromatic heterocycles. The van der Waals surface area contributed by atoms with E-state index < -0.39 is 5.97 Å². The van der Waals surface area contributed by atoms with Gasteiger partial charge in [0.1, 0.15) is 6.29 Å². The van der Waals surface area contributed by atoms with Crippen molar-refractivity contribution in [1.82, 2.24) is 0 Å². The van der Waals surface area contributed by atoms with Crippen LogP contribution in [0.25, 0.3) is 0 Å². The molecule has 0 saturated heterocycles. The molecule has 0 aromatic carbocycles. The molecule has 3 nitrogen and oxygen atoms in total. The van der Waals surface area contributed by atoms with Crippen LogP contribution >= 0.6 is 0 Å². The first-order valence-corrected chi connectivity index (χ1v) is 5.67. The maximum atomic E-state index is 10.7. The number of carbonyl (C=O) groups excluding carboxylic acids is 1. The lowest BCUT2D eigenvalue weighted by molar-refractivity contribution is -0.132. The average molecular weight is 224 g/mol. The largest absolute Gasteiger partial charge is 0.478 e. The van der Waals surface area contributed by atoms with E-state index in [1.807, 2.05) is 0 Å². The Balaban J connectivity index is 4.17. The number of hydrogen-bond acceptors (Lipinski definition) is 2. The molecule has 0 spiro atoms. The normalized spacial score (nSPS) is 12.6. The van der Waals surface area contributed by atoms with E-state index in [1.54, 1.807) is 6.08 Å². The quantitative estimate of drug-likeness (QED) is 0.298. The molecule has 0 radical (unpaired) electrons. The summed E-state index contributed by atoms with van der Waals surface area (Å²) in [6, 6.07) is 0. The fourth-order valence-electron chi connectivity index (χ4n) is 1.24. The third-order valence-electron chi connectivity index (χ3n) is 2.36. The SMILES string of the molecule is CCCCCCC(C=O)=CC=C(C)C(=O)O. The van der Waals surface area contributed by atoms with E-state index in [1.165, 1.54) is 19.4 Å². The minimum atomic E-state index is -0.951. The molecule has 0 fully saturated rings. The number of carboxylic acid groups (broad SMARTS) is 1. The molecule has 0 atom stereocenters. The van der Waals surface area contributed by atoms with Crippen LogP contribution in [0.1, 0.15) is 46.0 Å². The van der Waals surface area contributed by atoms with Crippen molar-refractivity contribution >= 4 is 12.3 Å². The molecular weight excluding hydrogens is 204 g/mol. The number of hydrogen-bond donors (Lipinski definition) is 1. The van der Waals surface area contributed by atoms with Crippen LogP contribution in [0.15, 0.2) is 23.3 Å². The van der Waals surface area contributed by atoms with Crippen molar-refractivity contribution in [2.24, 2.45) is 0 Å². The lowest BCUT2D eigenvalue weighted by atomic mass is 10.1. The predicted octanol–water partition coefficient (Wildman–Crippen LogP) is 3.11. The van der Waals surface area contributed by atoms with Crippen LogP contribution < -0.4 is 0 Å². The summed E-state index contributed by atoms with van der Waals surface area (Å²) in [4.78, 5) is 21.2. The summed E-state index contributed by atoms with van der Waals surface area (Å²) < 4.78 is 0. The number of carbonyl (C=O) groups is 2. The minimum Gasteiger partial charge on any atom is -0.478 e. The Bertz CT molecular complexity index is 288. The molecule has 0 bridgehead atoms. The van der Waals surface area contributed by atoms with Crippen LogP contribution in [0, 0.1) is 0 Å². The maximum Gasteiger partial charge on any atom is 0.331 e. The zero-order chi connectivity index (χ0) is 12.4. The lowest BCUT2D eigenvalue weighted by Gasteiger charge is -1.98. The van der Waals surface area contributed by atoms with Gasteiger partial charge in [0, 0.05) is 5.57 Å². The first-order chi connectivity index (χ1) is 7.61. The van der Waals surface area contributed by atoms with E-state index in [0.29, 0.717) is 5.57 Å². The van der Waals surface area contributed by atoms with E-state index in [2.05, 4.69) is 6.92 Å². The van der Waals surface area contributed by atoms with Gasteiger partial charge in [-0.25, -0.2) is 4.79 Å². The van der Waals surface area contributed by atoms with Crippen LogP contribution in [0.4, 0.5) is 0 Å². The highest BCUT2D eigenvalue weighted by molar-refractivity contribution is 5.86. The second-order valence-corrected chi connectivity index (χ2v) is 3.82. The van der Waals surface area contributed by atoms with Gasteiger partial charge >= 0.3 is 5.97 Å². The Morgan fingerprint density at radius 2 is 1.88 bits per heavy atom. The molecule has 0 amide bonds. The van der Waals surface area contributed by atoms with Crippen molar-refractivity contribution in [1.29, 1.82) is 0 Å². The summed E-state index contributed by atoms with van der Waals surface area (Å²) in [5.74, 6) is -0.951. The number of aliphatic carboxylic acids is 1. The highest BCUT2D eigenvalue weighted by Crippen LogP contribution is 2.09. The van der Waals surface area contributed by atoms with E-state index in [-0.39, 0.29) is 5.57 Å². The second-order valence-electron chi connectivity index (χ2n) is 3.82. The smallest absolute Gasteiger partial charge is 0.331 e. The zero-order valence-corrected chi connectivity index (χ0v) is 10.0. The summed E-state index contributed by atoms with van der Waals surface area (Å²) in [5.41, 5.74) is 0.907. The number of rotatable bonds is 8. The van der Waals surface area contributed by atoms with Crippen LogP contribution in [0.2, 0.25) is 0 Å². The third kappa shape index (κ3) is 6.98. The molecule has 0 saturated carbocycles. The molecule has 0 heterocycles. The van der Waals surface area contributed by atoms with E-state index in [4.69, 9.17) is 5.11 Å². The zero-order valence-electron chi connectivity index (χ0n) is 10.0. The van der Waals surface area contributed by atoms with E-state index in [0.717, 1.165) is 32.0 Å². The highest BCUT2D eigenvalue weighted by atomic mass is 16.4. The van der Waals surface area contributed by atoms with Crippen LogP contribution in [0.5, 0.6) is 0 Å². The van der Waals surface area contributed by atoms with Crippen molar-refractivity contribution in [2.45, 2.75) is 46.0 Å². The molecule has 0 aliphatic heterocycles. The van der Waals surface area contributed by atoms with Gasteiger partial charge in [-0.2, -0.15) is 0 Å². The van der Waals surface area contributed by atoms with Crippen molar-refractivity contribution in [3.8, 4) is 0 Å². The van der Waals surface area contributed by atoms with Gasteiger partial charge in [-0.3, -0.25) is 4.79 Å². The number of allylic oxidation sites excluding steroid dienone is 3. The summed E-state index contributed by atoms with van der Waals surface area (Å²) in [7, 11) is 0. The molecule has 0 aliphatic carbocycles. The van der Waals surface area contributed by atoms with Crippen molar-refractivity contribution < 1.29 is 14.7 Å². The molecule has 16 heavy (non-hydrogen) atoms. The summed E-state index contributed by atoms with van der Waals surface area (Å²) >= 11 is 0. The lowest BCUT2D eigenvalue weighted by Crippen LogP contribution is -1.95. The molecule has 0 unspecified atom stereocenters. The topological polar surface area (TPSA) is 54.4 Å². The molecule has 0 aromatic rings. The third-order valence-corrected chi connectivity index (χ3v) is 2.36. The van der Waals surface area contributed by atoms with Crippen molar-refractivity contribution in [2.75, 3.05) is 0 Å². The number of carboxylic acids is 1. The van der Waals surface area contributed by atoms with Gasteiger partial charge < -0.3 is 5.11 Å². The van der Waals surface area contributed by atoms with Crippen molar-refractivity contribution in [3.63, 3.8) is 0 Å². The highest BCUT2D eigenvalue weighted by Gasteiger charge is 1.98. The summed E-state index contributed by atoms with van der Waals surface area (Å²) in [6.45, 7) is 3.65. The Hall–Kier alpha value is -1.38. The standard InChI is InChI=1S/C13H20O3/c1-3-4-5-6-7-12(10-14)9-8-11(2)13(15)16/h8-10H,3-7H2,1-2H3,(H,15,16). The maximum absolute atomic E-state index is 10.7. The predicted molar refractivity (Wildman–Crippen MR) is 64.3 cm³/mol. The Kier molecular flexibility index (Phi) is 8.12. The van der Waals surface area contributed by atoms with Crippen LogP contribution in [-0.2, 0) is 9.59 Å². The Labute approximate surface area is 96.9 Å². The first kappa shape index (κ1) is 14.6. The van der Waals surface area contributed by atoms with E-state index >= 15 is 0 Å². The summed E-state index contributed by atoms with van der Waals surface area (Å²) in [5, 5.41) is 8.63. The Morgan fingerprint density at radius 1 is 1.19 bits per heavy atom. The first-order valence-electron chi connectivity index (χ1n) is 5.67. The van der Waals surface area contributed by atoms with Gasteiger partial charge in [-0.05, 0) is 25.3 Å². The molecular formula is C13H20O3. The molecule has 0 aliphatic rings. The average Bonchev–Trinajstić information content (AvgIpc) is 2.27. The monoisotopic (exact) mass is 224 g/mol. The second kappa shape index (κ2) is 8.89.